The van der Waals surface area contributed by atoms with Crippen LogP contribution in [0.15, 0.2) is 47.4 Å². The number of pyridine rings is 1. The lowest BCUT2D eigenvalue weighted by molar-refractivity contribution is -0.0196. The summed E-state index contributed by atoms with van der Waals surface area (Å²) in [5, 5.41) is 11.9. The molecule has 2 aromatic heterocycles. The van der Waals surface area contributed by atoms with E-state index in [0.29, 0.717) is 22.3 Å². The molecule has 1 aromatic carbocycles. The molecule has 176 valence electrons. The summed E-state index contributed by atoms with van der Waals surface area (Å²) < 4.78 is 0. The first-order chi connectivity index (χ1) is 16.6. The summed E-state index contributed by atoms with van der Waals surface area (Å²) in [6.45, 7) is 3.44. The summed E-state index contributed by atoms with van der Waals surface area (Å²) in [4.78, 5) is 31.8. The Morgan fingerprint density at radius 3 is 2.56 bits per heavy atom. The predicted octanol–water partition coefficient (Wildman–Crippen LogP) is 3.41. The van der Waals surface area contributed by atoms with E-state index in [1.54, 1.807) is 6.20 Å². The molecule has 3 aliphatic rings. The minimum Gasteiger partial charge on any atom is -0.349 e. The Kier molecular flexibility index (Phi) is 5.44. The molecule has 3 fully saturated rings. The Bertz CT molecular complexity index is 1250. The largest absolute Gasteiger partial charge is 0.349 e. The number of likely N-dealkylation sites (tertiary alicyclic amines) is 1. The summed E-state index contributed by atoms with van der Waals surface area (Å²) in [5.74, 6) is 0.346. The van der Waals surface area contributed by atoms with Crippen molar-refractivity contribution < 1.29 is 4.79 Å². The van der Waals surface area contributed by atoms with Gasteiger partial charge in [0.2, 0.25) is 0 Å². The standard InChI is InChI=1S/C27H31N5O2/c33-25(18-7-8-20(28-17-18)9-12-32-10-3-4-11-32)29-21-15-27(16-21)13-19(14-27)24-22-5-1-2-6-23(22)26(34)31-30-24/h1-2,5-8,17,19,21H,3-4,9-16H2,(H,29,33)(H,31,34). The van der Waals surface area contributed by atoms with Crippen LogP contribution in [0, 0.1) is 5.41 Å². The number of amides is 1. The monoisotopic (exact) mass is 457 g/mol. The van der Waals surface area contributed by atoms with Crippen molar-refractivity contribution in [3.8, 4) is 0 Å². The van der Waals surface area contributed by atoms with Crippen molar-refractivity contribution in [2.45, 2.75) is 56.9 Å². The number of nitrogens with one attached hydrogen (secondary N) is 2. The minimum atomic E-state index is -0.131. The number of fused-ring (bicyclic) bond motifs is 1. The van der Waals surface area contributed by atoms with E-state index in [1.165, 1.54) is 25.9 Å². The van der Waals surface area contributed by atoms with Gasteiger partial charge < -0.3 is 10.2 Å². The van der Waals surface area contributed by atoms with Crippen LogP contribution in [0.3, 0.4) is 0 Å². The van der Waals surface area contributed by atoms with E-state index in [9.17, 15) is 9.59 Å². The Labute approximate surface area is 199 Å². The van der Waals surface area contributed by atoms with Gasteiger partial charge in [0.25, 0.3) is 11.5 Å². The molecule has 7 nitrogen and oxygen atoms in total. The molecule has 3 heterocycles. The highest BCUT2D eigenvalue weighted by Crippen LogP contribution is 2.62. The normalized spacial score (nSPS) is 26.4. The van der Waals surface area contributed by atoms with Gasteiger partial charge >= 0.3 is 0 Å². The predicted molar refractivity (Wildman–Crippen MR) is 131 cm³/mol. The second-order valence-electron chi connectivity index (χ2n) is 10.5. The molecule has 1 aliphatic heterocycles. The van der Waals surface area contributed by atoms with E-state index in [0.717, 1.165) is 55.4 Å². The van der Waals surface area contributed by atoms with E-state index in [2.05, 4.69) is 25.4 Å². The van der Waals surface area contributed by atoms with Crippen LogP contribution < -0.4 is 10.9 Å². The summed E-state index contributed by atoms with van der Waals surface area (Å²) in [6, 6.07) is 11.8. The maximum absolute atomic E-state index is 12.7. The van der Waals surface area contributed by atoms with Gasteiger partial charge in [-0.1, -0.05) is 18.2 Å². The summed E-state index contributed by atoms with van der Waals surface area (Å²) in [5.41, 5.74) is 2.87. The van der Waals surface area contributed by atoms with E-state index in [1.807, 2.05) is 36.4 Å². The number of carbonyl (C=O) groups is 1. The molecular weight excluding hydrogens is 426 g/mol. The number of carbonyl (C=O) groups excluding carboxylic acids is 1. The number of aromatic amines is 1. The first kappa shape index (κ1) is 21.5. The highest BCUT2D eigenvalue weighted by atomic mass is 16.1. The summed E-state index contributed by atoms with van der Waals surface area (Å²) in [7, 11) is 0. The van der Waals surface area contributed by atoms with E-state index in [4.69, 9.17) is 0 Å². The fourth-order valence-electron chi connectivity index (χ4n) is 6.30. The number of rotatable bonds is 6. The molecule has 0 atom stereocenters. The smallest absolute Gasteiger partial charge is 0.272 e. The molecule has 2 N–H and O–H groups in total. The van der Waals surface area contributed by atoms with Crippen molar-refractivity contribution in [1.82, 2.24) is 25.4 Å². The van der Waals surface area contributed by atoms with Crippen molar-refractivity contribution >= 4 is 16.7 Å². The van der Waals surface area contributed by atoms with Gasteiger partial charge in [0.1, 0.15) is 0 Å². The number of nitrogens with zero attached hydrogens (tertiary/aromatic N) is 3. The molecule has 1 saturated heterocycles. The zero-order chi connectivity index (χ0) is 23.1. The maximum Gasteiger partial charge on any atom is 0.272 e. The lowest BCUT2D eigenvalue weighted by Gasteiger charge is -2.57. The van der Waals surface area contributed by atoms with Crippen LogP contribution in [0.4, 0.5) is 0 Å². The molecule has 0 unspecified atom stereocenters. The SMILES string of the molecule is O=C(NC1CC2(C1)CC(c1n[nH]c(=O)c3ccccc13)C2)c1ccc(CCN2CCCC2)nc1. The summed E-state index contributed by atoms with van der Waals surface area (Å²) in [6.07, 6.45) is 9.41. The molecule has 3 aromatic rings. The molecule has 2 aliphatic carbocycles. The second-order valence-corrected chi connectivity index (χ2v) is 10.5. The van der Waals surface area contributed by atoms with Crippen molar-refractivity contribution in [2.75, 3.05) is 19.6 Å². The highest BCUT2D eigenvalue weighted by molar-refractivity contribution is 5.94. The van der Waals surface area contributed by atoms with Crippen LogP contribution >= 0.6 is 0 Å². The van der Waals surface area contributed by atoms with Gasteiger partial charge in [-0.05, 0) is 75.2 Å². The summed E-state index contributed by atoms with van der Waals surface area (Å²) >= 11 is 0. The molecule has 1 spiro atoms. The number of aromatic nitrogens is 3. The molecular formula is C27H31N5O2. The molecule has 7 heteroatoms. The number of benzene rings is 1. The number of H-pyrrole nitrogens is 1. The van der Waals surface area contributed by atoms with Crippen molar-refractivity contribution in [3.63, 3.8) is 0 Å². The third kappa shape index (κ3) is 4.02. The van der Waals surface area contributed by atoms with Crippen LogP contribution in [-0.4, -0.2) is 51.7 Å². The molecule has 2 saturated carbocycles. The second kappa shape index (κ2) is 8.62. The third-order valence-corrected chi connectivity index (χ3v) is 8.13. The first-order valence-electron chi connectivity index (χ1n) is 12.5. The van der Waals surface area contributed by atoms with Gasteiger partial charge in [-0.15, -0.1) is 0 Å². The average molecular weight is 458 g/mol. The van der Waals surface area contributed by atoms with Crippen LogP contribution in [0.2, 0.25) is 0 Å². The Hall–Kier alpha value is -3.06. The van der Waals surface area contributed by atoms with Crippen LogP contribution in [-0.2, 0) is 6.42 Å². The van der Waals surface area contributed by atoms with Crippen molar-refractivity contribution in [1.29, 1.82) is 0 Å². The van der Waals surface area contributed by atoms with Gasteiger partial charge in [-0.25, -0.2) is 5.10 Å². The molecule has 34 heavy (non-hydrogen) atoms. The van der Waals surface area contributed by atoms with Crippen molar-refractivity contribution in [2.24, 2.45) is 5.41 Å². The fraction of sp³-hybridized carbons (Fsp3) is 0.481. The Morgan fingerprint density at radius 1 is 1.06 bits per heavy atom. The van der Waals surface area contributed by atoms with Gasteiger partial charge in [0.05, 0.1) is 16.6 Å². The maximum atomic E-state index is 12.7. The number of hydrogen-bond donors (Lipinski definition) is 2. The zero-order valence-corrected chi connectivity index (χ0v) is 19.4. The lowest BCUT2D eigenvalue weighted by atomic mass is 9.49. The zero-order valence-electron chi connectivity index (χ0n) is 19.4. The first-order valence-corrected chi connectivity index (χ1v) is 12.5. The minimum absolute atomic E-state index is 0.0254. The third-order valence-electron chi connectivity index (χ3n) is 8.13. The Morgan fingerprint density at radius 2 is 1.82 bits per heavy atom. The van der Waals surface area contributed by atoms with Gasteiger partial charge in [-0.2, -0.15) is 5.10 Å². The number of hydrogen-bond acceptors (Lipinski definition) is 5. The van der Waals surface area contributed by atoms with Crippen LogP contribution in [0.5, 0.6) is 0 Å². The quantitative estimate of drug-likeness (QED) is 0.592. The van der Waals surface area contributed by atoms with Gasteiger partial charge in [0.15, 0.2) is 0 Å². The van der Waals surface area contributed by atoms with Crippen LogP contribution in [0.25, 0.3) is 10.8 Å². The van der Waals surface area contributed by atoms with Gasteiger partial charge in [0, 0.05) is 42.2 Å². The van der Waals surface area contributed by atoms with Gasteiger partial charge in [-0.3, -0.25) is 14.6 Å². The molecule has 1 amide bonds. The molecule has 6 rings (SSSR count). The lowest BCUT2D eigenvalue weighted by Crippen LogP contribution is -2.55. The fourth-order valence-corrected chi connectivity index (χ4v) is 6.30. The molecule has 0 radical (unpaired) electrons. The highest BCUT2D eigenvalue weighted by Gasteiger charge is 2.54. The van der Waals surface area contributed by atoms with E-state index in [-0.39, 0.29) is 17.5 Å². The van der Waals surface area contributed by atoms with Crippen molar-refractivity contribution in [3.05, 3.63) is 69.9 Å². The Balaban J connectivity index is 1.00. The topological polar surface area (TPSA) is 91.0 Å². The van der Waals surface area contributed by atoms with E-state index >= 15 is 0 Å². The molecule has 0 bridgehead atoms. The van der Waals surface area contributed by atoms with E-state index < -0.39 is 0 Å². The average Bonchev–Trinajstić information content (AvgIpc) is 3.33. The van der Waals surface area contributed by atoms with Crippen LogP contribution in [0.1, 0.15) is 66.2 Å².